The molecule has 0 bridgehead atoms. The Balaban J connectivity index is 1.10. The van der Waals surface area contributed by atoms with Gasteiger partial charge in [0.15, 0.2) is 0 Å². The molecule has 20 heteroatoms. The second-order valence-corrected chi connectivity index (χ2v) is 16.7. The Hall–Kier alpha value is -8.42. The second kappa shape index (κ2) is 24.3. The van der Waals surface area contributed by atoms with Gasteiger partial charge in [0, 0.05) is 48.9 Å². The summed E-state index contributed by atoms with van der Waals surface area (Å²) < 4.78 is 133. The predicted octanol–water partition coefficient (Wildman–Crippen LogP) is 11.7. The van der Waals surface area contributed by atoms with E-state index in [9.17, 15) is 55.0 Å². The maximum absolute atomic E-state index is 15.5. The van der Waals surface area contributed by atoms with E-state index in [0.717, 1.165) is 36.4 Å². The number of rotatable bonds is 21. The lowest BCUT2D eigenvalue weighted by Crippen LogP contribution is -2.38. The molecule has 1 unspecified atom stereocenters. The van der Waals surface area contributed by atoms with Gasteiger partial charge in [0.25, 0.3) is 0 Å². The molecule has 0 spiro atoms. The fraction of sp³-hybridized carbons (Fsp3) is 0.222. The molecular formula is C54H46F8N2O10. The number of carbonyl (C=O) groups excluding carboxylic acids is 3. The number of carboxylic acid groups (broad SMARTS) is 1. The van der Waals surface area contributed by atoms with Crippen LogP contribution in [0, 0.1) is 17.0 Å². The van der Waals surface area contributed by atoms with Crippen LogP contribution in [0.2, 0.25) is 0 Å². The Morgan fingerprint density at radius 2 is 1.16 bits per heavy atom. The lowest BCUT2D eigenvalue weighted by atomic mass is 9.72. The van der Waals surface area contributed by atoms with Gasteiger partial charge in [-0.05, 0) is 107 Å². The monoisotopic (exact) mass is 1030 g/mol. The van der Waals surface area contributed by atoms with Crippen molar-refractivity contribution >= 4 is 47.3 Å². The van der Waals surface area contributed by atoms with Crippen molar-refractivity contribution in [2.24, 2.45) is 11.1 Å². The molecule has 0 fully saturated rings. The van der Waals surface area contributed by atoms with E-state index in [1.165, 1.54) is 66.7 Å². The molecule has 0 aromatic heterocycles. The highest BCUT2D eigenvalue weighted by molar-refractivity contribution is 5.93. The van der Waals surface area contributed by atoms with Crippen molar-refractivity contribution in [2.75, 3.05) is 32.2 Å². The summed E-state index contributed by atoms with van der Waals surface area (Å²) in [6.45, 7) is -1.40. The molecule has 388 valence electrons. The number of allylic oxidation sites excluding steroid dienone is 3. The summed E-state index contributed by atoms with van der Waals surface area (Å²) in [7, 11) is 0. The molecule has 0 radical (unpaired) electrons. The fourth-order valence-corrected chi connectivity index (χ4v) is 7.47. The number of hydrogen-bond donors (Lipinski definition) is 3. The Morgan fingerprint density at radius 3 is 1.72 bits per heavy atom. The van der Waals surface area contributed by atoms with Crippen molar-refractivity contribution in [2.45, 2.75) is 44.5 Å². The SMILES string of the molecule is NC1=CC=C(c2ccc(N)cc2)C(COC(=O)/C=C/c2ccc(OC(=O)c3ccc(OCCCC(F)(F)F)cc3F)cc2)(COC(=O)/C=C/c2ccc(-c3c(OCCCC(F)(F)F)ccc(C(=O)O)c3F)cc2)C1. The summed E-state index contributed by atoms with van der Waals surface area (Å²) in [5, 5.41) is 9.50. The minimum Gasteiger partial charge on any atom is -0.493 e. The van der Waals surface area contributed by atoms with Crippen molar-refractivity contribution in [1.82, 2.24) is 0 Å². The first-order valence-corrected chi connectivity index (χ1v) is 22.5. The van der Waals surface area contributed by atoms with E-state index in [1.807, 2.05) is 0 Å². The third-order valence-corrected chi connectivity index (χ3v) is 11.1. The lowest BCUT2D eigenvalue weighted by molar-refractivity contribution is -0.145. The smallest absolute Gasteiger partial charge is 0.389 e. The number of hydrogen-bond acceptors (Lipinski definition) is 11. The molecule has 1 atom stereocenters. The third-order valence-electron chi connectivity index (χ3n) is 11.1. The van der Waals surface area contributed by atoms with Crippen molar-refractivity contribution < 1.29 is 83.1 Å². The third kappa shape index (κ3) is 15.8. The number of aromatic carboxylic acids is 1. The first kappa shape index (κ1) is 54.9. The molecule has 1 aliphatic carbocycles. The Labute approximate surface area is 418 Å². The van der Waals surface area contributed by atoms with Crippen LogP contribution in [0.15, 0.2) is 133 Å². The topological polar surface area (TPSA) is 187 Å². The average Bonchev–Trinajstić information content (AvgIpc) is 3.34. The highest BCUT2D eigenvalue weighted by Gasteiger charge is 2.40. The molecule has 5 N–H and O–H groups in total. The number of esters is 3. The summed E-state index contributed by atoms with van der Waals surface area (Å²) in [6.07, 6.45) is -3.23. The Bertz CT molecular complexity index is 2950. The highest BCUT2D eigenvalue weighted by atomic mass is 19.4. The van der Waals surface area contributed by atoms with Crippen molar-refractivity contribution in [3.8, 4) is 28.4 Å². The van der Waals surface area contributed by atoms with Crippen molar-refractivity contribution in [3.05, 3.63) is 173 Å². The van der Waals surface area contributed by atoms with Gasteiger partial charge >= 0.3 is 36.2 Å². The first-order valence-electron chi connectivity index (χ1n) is 22.5. The fourth-order valence-electron chi connectivity index (χ4n) is 7.47. The molecule has 0 heterocycles. The number of anilines is 1. The van der Waals surface area contributed by atoms with Gasteiger partial charge < -0.3 is 40.3 Å². The van der Waals surface area contributed by atoms with Crippen LogP contribution in [-0.4, -0.2) is 67.8 Å². The summed E-state index contributed by atoms with van der Waals surface area (Å²) in [5.41, 5.74) is 12.8. The molecule has 74 heavy (non-hydrogen) atoms. The lowest BCUT2D eigenvalue weighted by Gasteiger charge is -2.37. The van der Waals surface area contributed by atoms with Gasteiger partial charge in [-0.2, -0.15) is 26.3 Å². The number of alkyl halides is 6. The molecule has 1 aliphatic rings. The molecule has 0 amide bonds. The Morgan fingerprint density at radius 1 is 0.635 bits per heavy atom. The summed E-state index contributed by atoms with van der Waals surface area (Å²) in [4.78, 5) is 50.9. The van der Waals surface area contributed by atoms with Gasteiger partial charge in [-0.1, -0.05) is 54.6 Å². The van der Waals surface area contributed by atoms with Gasteiger partial charge in [-0.3, -0.25) is 0 Å². The standard InChI is InChI=1S/C54H46F8N2O10/c55-44-29-40(70-27-1-25-53(57,58)59)18-19-41(44)51(69)74-39-16-5-34(6-17-39)8-24-47(66)73-32-52(30-38(64)15-21-43(52)35-11-13-37(63)14-12-35)31-72-46(65)23-7-33-3-9-36(10-4-33)48-45(71-28-2-26-54(60,61)62)22-20-42(49(48)56)50(67)68/h3-24,29H,1-2,25-28,30-32,63-64H2,(H,67,68)/b23-7+,24-8+. The molecule has 0 aliphatic heterocycles. The van der Waals surface area contributed by atoms with E-state index >= 15 is 4.39 Å². The van der Waals surface area contributed by atoms with Crippen LogP contribution in [0.1, 0.15) is 69.5 Å². The zero-order chi connectivity index (χ0) is 53.6. The number of nitrogens with two attached hydrogens (primary N) is 2. The number of benzene rings is 5. The summed E-state index contributed by atoms with van der Waals surface area (Å²) in [5.74, 6) is -6.61. The maximum atomic E-state index is 15.5. The zero-order valence-corrected chi connectivity index (χ0v) is 38.9. The van der Waals surface area contributed by atoms with E-state index in [1.54, 1.807) is 36.4 Å². The van der Waals surface area contributed by atoms with E-state index in [4.69, 9.17) is 35.2 Å². The number of nitrogen functional groups attached to an aromatic ring is 1. The van der Waals surface area contributed by atoms with Gasteiger partial charge in [0.05, 0.1) is 35.3 Å². The van der Waals surface area contributed by atoms with Crippen LogP contribution in [0.3, 0.4) is 0 Å². The molecule has 0 saturated heterocycles. The van der Waals surface area contributed by atoms with Gasteiger partial charge in [-0.15, -0.1) is 0 Å². The van der Waals surface area contributed by atoms with Crippen LogP contribution in [0.5, 0.6) is 17.2 Å². The van der Waals surface area contributed by atoms with Gasteiger partial charge in [0.1, 0.15) is 42.1 Å². The van der Waals surface area contributed by atoms with Crippen LogP contribution < -0.4 is 25.7 Å². The van der Waals surface area contributed by atoms with Crippen LogP contribution in [0.25, 0.3) is 28.9 Å². The minimum atomic E-state index is -4.43. The molecule has 0 saturated carbocycles. The van der Waals surface area contributed by atoms with Crippen LogP contribution in [0.4, 0.5) is 40.8 Å². The minimum absolute atomic E-state index is 0.0262. The van der Waals surface area contributed by atoms with Gasteiger partial charge in [-0.25, -0.2) is 28.0 Å². The highest BCUT2D eigenvalue weighted by Crippen LogP contribution is 2.44. The summed E-state index contributed by atoms with van der Waals surface area (Å²) >= 11 is 0. The number of carboxylic acids is 1. The summed E-state index contributed by atoms with van der Waals surface area (Å²) in [6, 6.07) is 23.6. The van der Waals surface area contributed by atoms with E-state index in [0.29, 0.717) is 33.6 Å². The average molecular weight is 1030 g/mol. The van der Waals surface area contributed by atoms with E-state index < -0.39 is 90.3 Å². The van der Waals surface area contributed by atoms with E-state index in [-0.39, 0.29) is 61.0 Å². The van der Waals surface area contributed by atoms with Crippen molar-refractivity contribution in [1.29, 1.82) is 0 Å². The van der Waals surface area contributed by atoms with E-state index in [2.05, 4.69) is 0 Å². The number of ether oxygens (including phenoxy) is 5. The zero-order valence-electron chi connectivity index (χ0n) is 38.9. The predicted molar refractivity (Wildman–Crippen MR) is 256 cm³/mol. The molecular weight excluding hydrogens is 989 g/mol. The molecule has 5 aromatic rings. The molecule has 12 nitrogen and oxygen atoms in total. The normalized spacial score (nSPS) is 14.8. The second-order valence-electron chi connectivity index (χ2n) is 16.7. The van der Waals surface area contributed by atoms with Crippen LogP contribution >= 0.6 is 0 Å². The quantitative estimate of drug-likeness (QED) is 0.0158. The first-order chi connectivity index (χ1) is 35.1. The number of carbonyl (C=O) groups is 4. The maximum Gasteiger partial charge on any atom is 0.389 e. The largest absolute Gasteiger partial charge is 0.493 e. The molecule has 6 rings (SSSR count). The van der Waals surface area contributed by atoms with Gasteiger partial charge in [0.2, 0.25) is 0 Å². The molecule has 5 aromatic carbocycles. The van der Waals surface area contributed by atoms with Crippen LogP contribution in [-0.2, 0) is 19.1 Å². The number of halogens is 8. The Kier molecular flexibility index (Phi) is 18.1. The van der Waals surface area contributed by atoms with Crippen molar-refractivity contribution in [3.63, 3.8) is 0 Å².